The maximum atomic E-state index is 13.2. The molecular weight excluding hydrogens is 399 g/mol. The van der Waals surface area contributed by atoms with E-state index in [1.54, 1.807) is 0 Å². The molecule has 0 saturated heterocycles. The van der Waals surface area contributed by atoms with Gasteiger partial charge in [0.2, 0.25) is 0 Å². The molecule has 0 N–H and O–H groups in total. The maximum Gasteiger partial charge on any atom is 0.416 e. The highest BCUT2D eigenvalue weighted by Crippen LogP contribution is 2.34. The van der Waals surface area contributed by atoms with Gasteiger partial charge in [0.25, 0.3) is 5.56 Å². The Kier molecular flexibility index (Phi) is 4.99. The topological polar surface area (TPSA) is 65.4 Å². The van der Waals surface area contributed by atoms with Crippen molar-refractivity contribution >= 4 is 34.8 Å². The number of rotatable bonds is 3. The van der Waals surface area contributed by atoms with Crippen molar-refractivity contribution in [1.82, 2.24) is 4.57 Å². The van der Waals surface area contributed by atoms with Crippen molar-refractivity contribution in [3.63, 3.8) is 0 Å². The second-order valence-electron chi connectivity index (χ2n) is 5.76. The summed E-state index contributed by atoms with van der Waals surface area (Å²) < 4.78 is 45.1. The molecule has 0 aliphatic heterocycles. The number of fused-ring (bicyclic) bond motifs is 1. The van der Waals surface area contributed by atoms with E-state index < -0.39 is 28.8 Å². The number of halogens is 4. The van der Waals surface area contributed by atoms with Crippen molar-refractivity contribution in [3.8, 4) is 5.69 Å². The number of hydrogen-bond acceptors (Lipinski definition) is 4. The molecule has 1 aromatic heterocycles. The van der Waals surface area contributed by atoms with Gasteiger partial charge in [0, 0.05) is 16.6 Å². The van der Waals surface area contributed by atoms with E-state index in [1.165, 1.54) is 24.3 Å². The van der Waals surface area contributed by atoms with Crippen molar-refractivity contribution in [3.05, 3.63) is 74.5 Å². The van der Waals surface area contributed by atoms with E-state index in [9.17, 15) is 27.6 Å². The Labute approximate surface area is 160 Å². The molecule has 0 fully saturated rings. The number of esters is 1. The summed E-state index contributed by atoms with van der Waals surface area (Å²) in [6.45, 7) is 0. The highest BCUT2D eigenvalue weighted by Gasteiger charge is 2.32. The highest BCUT2D eigenvalue weighted by atomic mass is 35.5. The number of benzene rings is 2. The zero-order chi connectivity index (χ0) is 20.6. The summed E-state index contributed by atoms with van der Waals surface area (Å²) in [5, 5.41) is -0.269. The quantitative estimate of drug-likeness (QED) is 0.479. The number of hydrogen-bond donors (Lipinski definition) is 0. The number of pyridine rings is 1. The molecule has 3 aromatic rings. The van der Waals surface area contributed by atoms with Gasteiger partial charge in [-0.2, -0.15) is 13.2 Å². The van der Waals surface area contributed by atoms with Crippen LogP contribution in [0.2, 0.25) is 5.02 Å². The lowest BCUT2D eigenvalue weighted by atomic mass is 10.1. The molecule has 2 aromatic carbocycles. The number of aldehydes is 1. The second-order valence-corrected chi connectivity index (χ2v) is 6.14. The standard InChI is InChI=1S/C19H11ClF3NO4/c1-28-18(27)15-16(20)13-6-5-11(19(21,22)23)8-14(13)24(17(15)26)12-4-2-3-10(7-12)9-25/h2-9H,1H3. The molecule has 9 heteroatoms. The number of carbonyl (C=O) groups excluding carboxylic acids is 2. The van der Waals surface area contributed by atoms with Crippen LogP contribution in [-0.2, 0) is 10.9 Å². The van der Waals surface area contributed by atoms with Crippen LogP contribution in [0.5, 0.6) is 0 Å². The van der Waals surface area contributed by atoms with Crippen LogP contribution >= 0.6 is 11.6 Å². The van der Waals surface area contributed by atoms with E-state index in [-0.39, 0.29) is 27.2 Å². The SMILES string of the molecule is COC(=O)c1c(Cl)c2ccc(C(F)(F)F)cc2n(-c2cccc(C=O)c2)c1=O. The predicted octanol–water partition coefficient (Wildman–Crippen LogP) is 4.26. The van der Waals surface area contributed by atoms with E-state index in [4.69, 9.17) is 11.6 Å². The van der Waals surface area contributed by atoms with Crippen LogP contribution in [0.1, 0.15) is 26.3 Å². The smallest absolute Gasteiger partial charge is 0.416 e. The molecule has 0 bridgehead atoms. The average Bonchev–Trinajstić information content (AvgIpc) is 2.67. The third kappa shape index (κ3) is 3.27. The van der Waals surface area contributed by atoms with Crippen LogP contribution in [-0.4, -0.2) is 23.9 Å². The fourth-order valence-corrected chi connectivity index (χ4v) is 3.12. The number of ether oxygens (including phenoxy) is 1. The molecule has 0 aliphatic rings. The highest BCUT2D eigenvalue weighted by molar-refractivity contribution is 6.38. The van der Waals surface area contributed by atoms with Crippen molar-refractivity contribution in [1.29, 1.82) is 0 Å². The molecule has 0 amide bonds. The first-order valence-corrected chi connectivity index (χ1v) is 8.16. The summed E-state index contributed by atoms with van der Waals surface area (Å²) in [4.78, 5) is 36.1. The van der Waals surface area contributed by atoms with Gasteiger partial charge >= 0.3 is 12.1 Å². The summed E-state index contributed by atoms with van der Waals surface area (Å²) in [7, 11) is 1.05. The van der Waals surface area contributed by atoms with Crippen LogP contribution in [0.3, 0.4) is 0 Å². The lowest BCUT2D eigenvalue weighted by molar-refractivity contribution is -0.137. The number of aromatic nitrogens is 1. The number of nitrogens with zero attached hydrogens (tertiary/aromatic N) is 1. The minimum absolute atomic E-state index is 0.0474. The second kappa shape index (κ2) is 7.12. The van der Waals surface area contributed by atoms with Crippen molar-refractivity contribution in [2.75, 3.05) is 7.11 Å². The number of alkyl halides is 3. The molecule has 0 spiro atoms. The normalized spacial score (nSPS) is 11.5. The minimum Gasteiger partial charge on any atom is -0.465 e. The van der Waals surface area contributed by atoms with Crippen molar-refractivity contribution in [2.45, 2.75) is 6.18 Å². The van der Waals surface area contributed by atoms with Gasteiger partial charge in [-0.05, 0) is 24.3 Å². The van der Waals surface area contributed by atoms with Crippen LogP contribution in [0.15, 0.2) is 47.3 Å². The summed E-state index contributed by atoms with van der Waals surface area (Å²) in [5.41, 5.74) is -2.36. The van der Waals surface area contributed by atoms with E-state index >= 15 is 0 Å². The lowest BCUT2D eigenvalue weighted by Crippen LogP contribution is -2.27. The van der Waals surface area contributed by atoms with Gasteiger partial charge in [-0.15, -0.1) is 0 Å². The fraction of sp³-hybridized carbons (Fsp3) is 0.105. The molecule has 3 rings (SSSR count). The molecule has 28 heavy (non-hydrogen) atoms. The Morgan fingerprint density at radius 1 is 1.18 bits per heavy atom. The molecule has 0 unspecified atom stereocenters. The number of carbonyl (C=O) groups is 2. The molecule has 0 atom stereocenters. The van der Waals surface area contributed by atoms with E-state index in [1.807, 2.05) is 0 Å². The van der Waals surface area contributed by atoms with Gasteiger partial charge in [0.05, 0.1) is 23.2 Å². The van der Waals surface area contributed by atoms with Gasteiger partial charge in [0.15, 0.2) is 0 Å². The van der Waals surface area contributed by atoms with E-state index in [2.05, 4.69) is 4.74 Å². The van der Waals surface area contributed by atoms with Crippen LogP contribution in [0.4, 0.5) is 13.2 Å². The van der Waals surface area contributed by atoms with Gasteiger partial charge in [-0.1, -0.05) is 29.8 Å². The van der Waals surface area contributed by atoms with Gasteiger partial charge < -0.3 is 4.74 Å². The summed E-state index contributed by atoms with van der Waals surface area (Å²) in [6, 6.07) is 8.28. The maximum absolute atomic E-state index is 13.2. The zero-order valence-corrected chi connectivity index (χ0v) is 15.0. The molecule has 0 saturated carbocycles. The number of methoxy groups -OCH3 is 1. The molecular formula is C19H11ClF3NO4. The summed E-state index contributed by atoms with van der Waals surface area (Å²) in [5.74, 6) is -1.03. The monoisotopic (exact) mass is 409 g/mol. The molecule has 0 radical (unpaired) electrons. The Balaban J connectivity index is 2.52. The third-order valence-electron chi connectivity index (χ3n) is 4.09. The fourth-order valence-electron chi connectivity index (χ4n) is 2.80. The van der Waals surface area contributed by atoms with E-state index in [0.29, 0.717) is 6.29 Å². The van der Waals surface area contributed by atoms with Crippen LogP contribution in [0.25, 0.3) is 16.6 Å². The van der Waals surface area contributed by atoms with Crippen molar-refractivity contribution < 1.29 is 27.5 Å². The largest absolute Gasteiger partial charge is 0.465 e. The van der Waals surface area contributed by atoms with Crippen molar-refractivity contribution in [2.24, 2.45) is 0 Å². The first kappa shape index (κ1) is 19.6. The Bertz CT molecular complexity index is 1170. The van der Waals surface area contributed by atoms with Gasteiger partial charge in [-0.25, -0.2) is 4.79 Å². The molecule has 5 nitrogen and oxygen atoms in total. The Morgan fingerprint density at radius 2 is 1.89 bits per heavy atom. The van der Waals surface area contributed by atoms with Crippen LogP contribution in [0, 0.1) is 0 Å². The van der Waals surface area contributed by atoms with E-state index in [0.717, 1.165) is 29.9 Å². The average molecular weight is 410 g/mol. The first-order valence-electron chi connectivity index (χ1n) is 7.78. The minimum atomic E-state index is -4.66. The molecule has 0 aliphatic carbocycles. The Hall–Kier alpha value is -3.13. The lowest BCUT2D eigenvalue weighted by Gasteiger charge is -2.16. The predicted molar refractivity (Wildman–Crippen MR) is 96.3 cm³/mol. The van der Waals surface area contributed by atoms with Crippen LogP contribution < -0.4 is 5.56 Å². The molecule has 144 valence electrons. The summed E-state index contributed by atoms with van der Waals surface area (Å²) >= 11 is 6.15. The Morgan fingerprint density at radius 3 is 2.50 bits per heavy atom. The third-order valence-corrected chi connectivity index (χ3v) is 4.49. The first-order chi connectivity index (χ1) is 13.2. The zero-order valence-electron chi connectivity index (χ0n) is 14.2. The molecule has 1 heterocycles. The van der Waals surface area contributed by atoms with Gasteiger partial charge in [-0.3, -0.25) is 14.2 Å². The van der Waals surface area contributed by atoms with Gasteiger partial charge in [0.1, 0.15) is 11.8 Å². The summed E-state index contributed by atoms with van der Waals surface area (Å²) in [6.07, 6.45) is -4.14.